The summed E-state index contributed by atoms with van der Waals surface area (Å²) in [6, 6.07) is 1.47. The van der Waals surface area contributed by atoms with Gasteiger partial charge in [-0.1, -0.05) is 13.8 Å². The zero-order valence-corrected chi connectivity index (χ0v) is 22.1. The number of nitrogens with one attached hydrogen (secondary N) is 1. The summed E-state index contributed by atoms with van der Waals surface area (Å²) in [7, 11) is -0.567. The van der Waals surface area contributed by atoms with Crippen molar-refractivity contribution in [1.82, 2.24) is 33.9 Å². The van der Waals surface area contributed by atoms with Gasteiger partial charge in [-0.05, 0) is 26.0 Å². The molecular formula is C23H33N7O5S. The second kappa shape index (κ2) is 10.6. The molecule has 0 spiro atoms. The van der Waals surface area contributed by atoms with E-state index in [-0.39, 0.29) is 33.8 Å². The Labute approximate surface area is 210 Å². The van der Waals surface area contributed by atoms with E-state index in [2.05, 4.69) is 31.9 Å². The van der Waals surface area contributed by atoms with Gasteiger partial charge in [-0.15, -0.1) is 0 Å². The van der Waals surface area contributed by atoms with E-state index in [1.807, 2.05) is 13.8 Å². The lowest BCUT2D eigenvalue weighted by Crippen LogP contribution is -2.48. The number of hydrogen-bond acceptors (Lipinski definition) is 9. The zero-order valence-electron chi connectivity index (χ0n) is 21.3. The maximum atomic E-state index is 13.5. The van der Waals surface area contributed by atoms with Gasteiger partial charge < -0.3 is 19.4 Å². The third-order valence-corrected chi connectivity index (χ3v) is 8.17. The Morgan fingerprint density at radius 2 is 1.92 bits per heavy atom. The summed E-state index contributed by atoms with van der Waals surface area (Å²) in [6.45, 7) is 9.09. The first kappa shape index (κ1) is 26.2. The molecule has 36 heavy (non-hydrogen) atoms. The van der Waals surface area contributed by atoms with E-state index in [0.29, 0.717) is 55.9 Å². The number of ether oxygens (including phenoxy) is 2. The molecule has 0 radical (unpaired) electrons. The fourth-order valence-electron chi connectivity index (χ4n) is 4.34. The molecule has 13 heteroatoms. The molecule has 3 aromatic rings. The molecule has 12 nitrogen and oxygen atoms in total. The number of sulfonamides is 1. The topological polar surface area (TPSA) is 136 Å². The first-order valence-corrected chi connectivity index (χ1v) is 13.5. The number of H-pyrrole nitrogens is 1. The second-order valence-corrected chi connectivity index (χ2v) is 10.7. The van der Waals surface area contributed by atoms with Crippen LogP contribution in [0.2, 0.25) is 0 Å². The van der Waals surface area contributed by atoms with Gasteiger partial charge in [-0.25, -0.2) is 18.4 Å². The lowest BCUT2D eigenvalue weighted by atomic mass is 10.2. The van der Waals surface area contributed by atoms with E-state index in [9.17, 15) is 13.2 Å². The van der Waals surface area contributed by atoms with Gasteiger partial charge in [0.25, 0.3) is 5.56 Å². The predicted molar refractivity (Wildman–Crippen MR) is 135 cm³/mol. The highest BCUT2D eigenvalue weighted by atomic mass is 32.2. The Hall–Kier alpha value is -2.87. The van der Waals surface area contributed by atoms with Gasteiger partial charge in [0.2, 0.25) is 15.9 Å². The van der Waals surface area contributed by atoms with Crippen LogP contribution in [0.25, 0.3) is 22.4 Å². The fraction of sp³-hybridized carbons (Fsp3) is 0.565. The number of aromatic nitrogens is 5. The van der Waals surface area contributed by atoms with Gasteiger partial charge in [0.05, 0.1) is 24.1 Å². The van der Waals surface area contributed by atoms with Gasteiger partial charge in [-0.2, -0.15) is 9.40 Å². The molecule has 1 aliphatic heterocycles. The summed E-state index contributed by atoms with van der Waals surface area (Å²) in [4.78, 5) is 27.0. The molecule has 3 aromatic heterocycles. The van der Waals surface area contributed by atoms with Gasteiger partial charge >= 0.3 is 0 Å². The van der Waals surface area contributed by atoms with E-state index in [0.717, 1.165) is 6.54 Å². The van der Waals surface area contributed by atoms with Gasteiger partial charge in [0, 0.05) is 40.3 Å². The number of nitrogens with zero attached hydrogens (tertiary/aromatic N) is 6. The summed E-state index contributed by atoms with van der Waals surface area (Å²) in [6.07, 6.45) is 1.50. The molecular weight excluding hydrogens is 486 g/mol. The van der Waals surface area contributed by atoms with Crippen LogP contribution >= 0.6 is 0 Å². The molecule has 0 bridgehead atoms. The number of aromatic amines is 1. The quantitative estimate of drug-likeness (QED) is 0.439. The molecule has 196 valence electrons. The fourth-order valence-corrected chi connectivity index (χ4v) is 5.74. The van der Waals surface area contributed by atoms with Gasteiger partial charge in [0.1, 0.15) is 22.3 Å². The summed E-state index contributed by atoms with van der Waals surface area (Å²) in [5.41, 5.74) is 1.36. The standard InChI is InChI=1S/C23H33N7O5S/c1-6-18-19-20(28(4)27-18)22(31)26-21(25-19)17-12-16(13-24-23(17)35-15(3)14-34-5)36(32,33)30-10-8-29(7-2)9-11-30/h12-13,15H,6-11,14H2,1-5H3,(H,25,26,31)/t15-/m1/s1. The van der Waals surface area contributed by atoms with Crippen molar-refractivity contribution >= 4 is 21.1 Å². The average molecular weight is 520 g/mol. The number of likely N-dealkylation sites (N-methyl/N-ethyl adjacent to an activating group) is 1. The minimum absolute atomic E-state index is 0.0128. The molecule has 0 amide bonds. The number of fused-ring (bicyclic) bond motifs is 1. The molecule has 1 N–H and O–H groups in total. The van der Waals surface area contributed by atoms with Crippen LogP contribution in [0.15, 0.2) is 22.0 Å². The molecule has 1 aliphatic rings. The average Bonchev–Trinajstić information content (AvgIpc) is 3.20. The maximum Gasteiger partial charge on any atom is 0.277 e. The third-order valence-electron chi connectivity index (χ3n) is 6.31. The van der Waals surface area contributed by atoms with Gasteiger partial charge in [0.15, 0.2) is 5.52 Å². The monoisotopic (exact) mass is 519 g/mol. The van der Waals surface area contributed by atoms with Crippen LogP contribution in [0.4, 0.5) is 0 Å². The van der Waals surface area contributed by atoms with Crippen LogP contribution in [0, 0.1) is 0 Å². The van der Waals surface area contributed by atoms with Crippen LogP contribution < -0.4 is 10.3 Å². The van der Waals surface area contributed by atoms with Crippen molar-refractivity contribution in [2.75, 3.05) is 46.4 Å². The van der Waals surface area contributed by atoms with E-state index in [1.54, 1.807) is 14.2 Å². The molecule has 0 aromatic carbocycles. The molecule has 0 saturated carbocycles. The summed E-state index contributed by atoms with van der Waals surface area (Å²) in [5.74, 6) is 0.314. The maximum absolute atomic E-state index is 13.5. The Balaban J connectivity index is 1.83. The van der Waals surface area contributed by atoms with Crippen LogP contribution in [-0.4, -0.2) is 94.9 Å². The SMILES string of the molecule is CCc1nn(C)c2c(=O)[nH]c(-c3cc(S(=O)(=O)N4CCN(CC)CC4)cnc3O[C@H](C)COC)nc12. The molecule has 1 fully saturated rings. The highest BCUT2D eigenvalue weighted by Crippen LogP contribution is 2.31. The smallest absolute Gasteiger partial charge is 0.277 e. The van der Waals surface area contributed by atoms with Crippen molar-refractivity contribution in [3.05, 3.63) is 28.3 Å². The van der Waals surface area contributed by atoms with Crippen LogP contribution in [0.1, 0.15) is 26.5 Å². The molecule has 0 aliphatic carbocycles. The number of aryl methyl sites for hydroxylation is 2. The first-order chi connectivity index (χ1) is 17.2. The number of pyridine rings is 1. The highest BCUT2D eigenvalue weighted by molar-refractivity contribution is 7.89. The van der Waals surface area contributed by atoms with E-state index in [4.69, 9.17) is 9.47 Å². The van der Waals surface area contributed by atoms with Gasteiger partial charge in [-0.3, -0.25) is 9.48 Å². The lowest BCUT2D eigenvalue weighted by molar-refractivity contribution is 0.0893. The Morgan fingerprint density at radius 1 is 1.19 bits per heavy atom. The van der Waals surface area contributed by atoms with Crippen molar-refractivity contribution in [1.29, 1.82) is 0 Å². The van der Waals surface area contributed by atoms with Crippen LogP contribution in [0.5, 0.6) is 5.88 Å². The van der Waals surface area contributed by atoms with Crippen molar-refractivity contribution in [2.24, 2.45) is 7.05 Å². The minimum Gasteiger partial charge on any atom is -0.472 e. The van der Waals surface area contributed by atoms with E-state index in [1.165, 1.54) is 21.3 Å². The van der Waals surface area contributed by atoms with Crippen molar-refractivity contribution in [3.63, 3.8) is 0 Å². The number of methoxy groups -OCH3 is 1. The number of rotatable bonds is 9. The Kier molecular flexibility index (Phi) is 7.73. The largest absolute Gasteiger partial charge is 0.472 e. The Morgan fingerprint density at radius 3 is 2.56 bits per heavy atom. The Bertz CT molecular complexity index is 1390. The summed E-state index contributed by atoms with van der Waals surface area (Å²) >= 11 is 0. The molecule has 1 saturated heterocycles. The number of piperazine rings is 1. The molecule has 1 atom stereocenters. The molecule has 0 unspecified atom stereocenters. The van der Waals surface area contributed by atoms with Crippen LogP contribution in [-0.2, 0) is 28.2 Å². The summed E-state index contributed by atoms with van der Waals surface area (Å²) in [5, 5.41) is 4.39. The van der Waals surface area contributed by atoms with Crippen molar-refractivity contribution < 1.29 is 17.9 Å². The minimum atomic E-state index is -3.81. The normalized spacial score (nSPS) is 16.5. The lowest BCUT2D eigenvalue weighted by Gasteiger charge is -2.33. The zero-order chi connectivity index (χ0) is 26.0. The summed E-state index contributed by atoms with van der Waals surface area (Å²) < 4.78 is 41.1. The molecule has 4 rings (SSSR count). The van der Waals surface area contributed by atoms with Crippen molar-refractivity contribution in [2.45, 2.75) is 38.2 Å². The third kappa shape index (κ3) is 5.01. The predicted octanol–water partition coefficient (Wildman–Crippen LogP) is 1.02. The van der Waals surface area contributed by atoms with Crippen LogP contribution in [0.3, 0.4) is 0 Å². The highest BCUT2D eigenvalue weighted by Gasteiger charge is 2.30. The molecule has 4 heterocycles. The van der Waals surface area contributed by atoms with Crippen molar-refractivity contribution in [3.8, 4) is 17.3 Å². The second-order valence-electron chi connectivity index (χ2n) is 8.78. The number of hydrogen-bond donors (Lipinski definition) is 1. The van der Waals surface area contributed by atoms with E-state index < -0.39 is 10.0 Å². The first-order valence-electron chi connectivity index (χ1n) is 12.0. The van der Waals surface area contributed by atoms with E-state index >= 15 is 0 Å².